The van der Waals surface area contributed by atoms with Gasteiger partial charge in [0.1, 0.15) is 12.1 Å². The van der Waals surface area contributed by atoms with Crippen LogP contribution in [0.3, 0.4) is 0 Å². The van der Waals surface area contributed by atoms with E-state index in [-0.39, 0.29) is 35.6 Å². The molecule has 1 aromatic carbocycles. The van der Waals surface area contributed by atoms with Gasteiger partial charge in [-0.25, -0.2) is 9.97 Å². The van der Waals surface area contributed by atoms with Crippen molar-refractivity contribution in [2.75, 3.05) is 25.0 Å². The van der Waals surface area contributed by atoms with Crippen molar-refractivity contribution in [3.8, 4) is 0 Å². The van der Waals surface area contributed by atoms with E-state index in [1.54, 1.807) is 0 Å². The van der Waals surface area contributed by atoms with Gasteiger partial charge in [-0.15, -0.1) is 0 Å². The van der Waals surface area contributed by atoms with Gasteiger partial charge in [0, 0.05) is 24.5 Å². The molecule has 11 heteroatoms. The van der Waals surface area contributed by atoms with Gasteiger partial charge in [-0.05, 0) is 43.9 Å². The molecule has 2 fully saturated rings. The van der Waals surface area contributed by atoms with E-state index < -0.39 is 17.7 Å². The van der Waals surface area contributed by atoms with Gasteiger partial charge in [-0.3, -0.25) is 14.5 Å². The van der Waals surface area contributed by atoms with Gasteiger partial charge < -0.3 is 15.7 Å². The van der Waals surface area contributed by atoms with Crippen molar-refractivity contribution >= 4 is 28.6 Å². The Labute approximate surface area is 182 Å². The summed E-state index contributed by atoms with van der Waals surface area (Å²) in [7, 11) is 0. The summed E-state index contributed by atoms with van der Waals surface area (Å²) in [5, 5.41) is 15.0. The van der Waals surface area contributed by atoms with E-state index in [2.05, 4.69) is 25.5 Å². The molecule has 32 heavy (non-hydrogen) atoms. The molecule has 2 heterocycles. The molecule has 1 saturated heterocycles. The summed E-state index contributed by atoms with van der Waals surface area (Å²) in [5.74, 6) is -1.08. The number of likely N-dealkylation sites (tertiary alicyclic amines) is 1. The number of amides is 1. The van der Waals surface area contributed by atoms with Crippen LogP contribution in [-0.4, -0.2) is 63.6 Å². The number of carbonyl (C=O) groups excluding carboxylic acids is 1. The van der Waals surface area contributed by atoms with Crippen LogP contribution >= 0.6 is 0 Å². The lowest BCUT2D eigenvalue weighted by atomic mass is 9.84. The summed E-state index contributed by atoms with van der Waals surface area (Å²) < 4.78 is 39.0. The summed E-state index contributed by atoms with van der Waals surface area (Å²) in [6.45, 7) is 1.29. The number of nitrogens with zero attached hydrogens (tertiary/aromatic N) is 3. The average Bonchev–Trinajstić information content (AvgIpc) is 2.73. The molecule has 0 spiro atoms. The van der Waals surface area contributed by atoms with Crippen molar-refractivity contribution in [3.63, 3.8) is 0 Å². The Balaban J connectivity index is 1.26. The van der Waals surface area contributed by atoms with E-state index in [1.807, 2.05) is 0 Å². The smallest absolute Gasteiger partial charge is 0.416 e. The molecule has 0 radical (unpaired) electrons. The topological polar surface area (TPSA) is 107 Å². The van der Waals surface area contributed by atoms with E-state index in [0.717, 1.165) is 25.0 Å². The fourth-order valence-electron chi connectivity index (χ4n) is 4.41. The summed E-state index contributed by atoms with van der Waals surface area (Å²) in [6, 6.07) is 3.56. The van der Waals surface area contributed by atoms with Crippen molar-refractivity contribution in [1.29, 1.82) is 0 Å². The molecule has 0 atom stereocenters. The number of benzene rings is 1. The molecular formula is C21H24F3N5O3. The monoisotopic (exact) mass is 451 g/mol. The molecule has 0 unspecified atom stereocenters. The number of carboxylic acid groups (broad SMARTS) is 1. The molecule has 2 aliphatic rings. The number of anilines is 1. The SMILES string of the molecule is O=C(CNc1ncnc2ccc(C(F)(F)F)cc12)NC1CN(C2CCC(C(=O)O)CC2)C1. The number of aliphatic carboxylic acids is 1. The Kier molecular flexibility index (Phi) is 6.18. The first-order chi connectivity index (χ1) is 15.2. The minimum absolute atomic E-state index is 0.000438. The highest BCUT2D eigenvalue weighted by molar-refractivity contribution is 5.91. The molecule has 4 rings (SSSR count). The lowest BCUT2D eigenvalue weighted by molar-refractivity contribution is -0.143. The number of alkyl halides is 3. The van der Waals surface area contributed by atoms with Gasteiger partial charge >= 0.3 is 12.1 Å². The van der Waals surface area contributed by atoms with Crippen molar-refractivity contribution in [2.45, 2.75) is 43.9 Å². The maximum absolute atomic E-state index is 13.0. The quantitative estimate of drug-likeness (QED) is 0.620. The molecule has 172 valence electrons. The second-order valence-corrected chi connectivity index (χ2v) is 8.37. The van der Waals surface area contributed by atoms with E-state index in [1.165, 1.54) is 12.4 Å². The third-order valence-electron chi connectivity index (χ3n) is 6.22. The van der Waals surface area contributed by atoms with Crippen LogP contribution in [-0.2, 0) is 15.8 Å². The maximum Gasteiger partial charge on any atom is 0.416 e. The van der Waals surface area contributed by atoms with E-state index in [9.17, 15) is 22.8 Å². The van der Waals surface area contributed by atoms with Crippen LogP contribution in [0.1, 0.15) is 31.2 Å². The average molecular weight is 451 g/mol. The molecule has 2 aromatic rings. The standard InChI is InChI=1S/C21H24F3N5O3/c22-21(23,24)13-3-6-17-16(7-13)19(27-11-26-17)25-8-18(30)28-14-9-29(10-14)15-4-1-12(2-5-15)20(31)32/h3,6-7,11-12,14-15H,1-2,4-5,8-10H2,(H,28,30)(H,31,32)(H,25,26,27). The van der Waals surface area contributed by atoms with Gasteiger partial charge in [0.2, 0.25) is 5.91 Å². The van der Waals surface area contributed by atoms with Crippen LogP contribution in [0, 0.1) is 5.92 Å². The Morgan fingerprint density at radius 3 is 2.50 bits per heavy atom. The number of fused-ring (bicyclic) bond motifs is 1. The van der Waals surface area contributed by atoms with Gasteiger partial charge in [0.15, 0.2) is 0 Å². The van der Waals surface area contributed by atoms with Crippen LogP contribution in [0.2, 0.25) is 0 Å². The second kappa shape index (κ2) is 8.89. The number of aromatic nitrogens is 2. The van der Waals surface area contributed by atoms with Crippen LogP contribution in [0.5, 0.6) is 0 Å². The Morgan fingerprint density at radius 1 is 1.12 bits per heavy atom. The maximum atomic E-state index is 13.0. The molecule has 1 amide bonds. The first kappa shape index (κ1) is 22.3. The number of carbonyl (C=O) groups is 2. The summed E-state index contributed by atoms with van der Waals surface area (Å²) in [5.41, 5.74) is -0.456. The van der Waals surface area contributed by atoms with Crippen molar-refractivity contribution in [3.05, 3.63) is 30.1 Å². The minimum Gasteiger partial charge on any atom is -0.481 e. The molecule has 3 N–H and O–H groups in total. The predicted octanol–water partition coefficient (Wildman–Crippen LogP) is 2.50. The molecule has 1 aromatic heterocycles. The number of hydrogen-bond donors (Lipinski definition) is 3. The Hall–Kier alpha value is -2.95. The predicted molar refractivity (Wildman–Crippen MR) is 110 cm³/mol. The number of carboxylic acids is 1. The first-order valence-corrected chi connectivity index (χ1v) is 10.5. The Morgan fingerprint density at radius 2 is 1.84 bits per heavy atom. The van der Waals surface area contributed by atoms with E-state index in [4.69, 9.17) is 5.11 Å². The number of rotatable bonds is 6. The van der Waals surface area contributed by atoms with Crippen LogP contribution in [0.25, 0.3) is 10.9 Å². The second-order valence-electron chi connectivity index (χ2n) is 8.37. The molecular weight excluding hydrogens is 427 g/mol. The summed E-state index contributed by atoms with van der Waals surface area (Å²) in [6.07, 6.45) is -0.194. The molecule has 1 aliphatic carbocycles. The van der Waals surface area contributed by atoms with Crippen LogP contribution in [0.4, 0.5) is 19.0 Å². The third kappa shape index (κ3) is 4.93. The zero-order valence-electron chi connectivity index (χ0n) is 17.2. The fraction of sp³-hybridized carbons (Fsp3) is 0.524. The zero-order valence-corrected chi connectivity index (χ0v) is 17.2. The third-order valence-corrected chi connectivity index (χ3v) is 6.22. The Bertz CT molecular complexity index is 1000. The highest BCUT2D eigenvalue weighted by Crippen LogP contribution is 2.33. The minimum atomic E-state index is -4.48. The van der Waals surface area contributed by atoms with Gasteiger partial charge in [0.05, 0.1) is 29.6 Å². The highest BCUT2D eigenvalue weighted by atomic mass is 19.4. The lowest BCUT2D eigenvalue weighted by Crippen LogP contribution is -2.63. The van der Waals surface area contributed by atoms with Crippen molar-refractivity contribution in [1.82, 2.24) is 20.2 Å². The first-order valence-electron chi connectivity index (χ1n) is 10.5. The van der Waals surface area contributed by atoms with E-state index in [0.29, 0.717) is 37.5 Å². The normalized spacial score (nSPS) is 22.3. The van der Waals surface area contributed by atoms with Gasteiger partial charge in [-0.1, -0.05) is 0 Å². The number of hydrogen-bond acceptors (Lipinski definition) is 6. The summed E-state index contributed by atoms with van der Waals surface area (Å²) in [4.78, 5) is 33.6. The molecule has 8 nitrogen and oxygen atoms in total. The summed E-state index contributed by atoms with van der Waals surface area (Å²) >= 11 is 0. The van der Waals surface area contributed by atoms with Crippen LogP contribution < -0.4 is 10.6 Å². The van der Waals surface area contributed by atoms with Crippen molar-refractivity contribution in [2.24, 2.45) is 5.92 Å². The van der Waals surface area contributed by atoms with Crippen molar-refractivity contribution < 1.29 is 27.9 Å². The molecule has 1 saturated carbocycles. The molecule has 1 aliphatic heterocycles. The number of nitrogens with one attached hydrogen (secondary N) is 2. The fourth-order valence-corrected chi connectivity index (χ4v) is 4.41. The molecule has 0 bridgehead atoms. The zero-order chi connectivity index (χ0) is 22.9. The lowest BCUT2D eigenvalue weighted by Gasteiger charge is -2.46. The number of halogens is 3. The van der Waals surface area contributed by atoms with Crippen LogP contribution in [0.15, 0.2) is 24.5 Å². The van der Waals surface area contributed by atoms with E-state index >= 15 is 0 Å². The largest absolute Gasteiger partial charge is 0.481 e. The van der Waals surface area contributed by atoms with Gasteiger partial charge in [-0.2, -0.15) is 13.2 Å². The van der Waals surface area contributed by atoms with Gasteiger partial charge in [0.25, 0.3) is 0 Å². The highest BCUT2D eigenvalue weighted by Gasteiger charge is 2.36.